The minimum Gasteiger partial charge on any atom is -0.310 e. The summed E-state index contributed by atoms with van der Waals surface area (Å²) in [5, 5.41) is 0.882. The fraction of sp³-hybridized carbons (Fsp3) is 0.409. The van der Waals surface area contributed by atoms with Crippen LogP contribution in [0.2, 0.25) is 0 Å². The molecule has 0 spiro atoms. The monoisotopic (exact) mass is 406 g/mol. The summed E-state index contributed by atoms with van der Waals surface area (Å²) >= 11 is 0. The Morgan fingerprint density at radius 1 is 1.04 bits per heavy atom. The molecule has 0 aliphatic carbocycles. The third-order valence-corrected chi connectivity index (χ3v) is 10.8. The van der Waals surface area contributed by atoms with Crippen molar-refractivity contribution in [3.63, 3.8) is 0 Å². The van der Waals surface area contributed by atoms with Crippen LogP contribution in [0.1, 0.15) is 40.9 Å². The van der Waals surface area contributed by atoms with Gasteiger partial charge in [-0.25, -0.2) is 10.0 Å². The van der Waals surface area contributed by atoms with E-state index in [2.05, 4.69) is 26.4 Å². The topological polar surface area (TPSA) is 43.4 Å². The molecule has 148 valence electrons. The first-order chi connectivity index (χ1) is 12.5. The Balaban J connectivity index is 2.54. The minimum absolute atomic E-state index is 0.340. The van der Waals surface area contributed by atoms with E-state index in [0.29, 0.717) is 22.1 Å². The second-order valence-electron chi connectivity index (χ2n) is 7.89. The molecule has 2 rings (SSSR count). The molecule has 0 fully saturated rings. The summed E-state index contributed by atoms with van der Waals surface area (Å²) in [7, 11) is -4.84. The van der Waals surface area contributed by atoms with Gasteiger partial charge in [0, 0.05) is 10.9 Å². The average molecular weight is 407 g/mol. The summed E-state index contributed by atoms with van der Waals surface area (Å²) in [5.41, 5.74) is 2.88. The van der Waals surface area contributed by atoms with E-state index in [1.54, 1.807) is 24.3 Å². The summed E-state index contributed by atoms with van der Waals surface area (Å²) in [4.78, 5) is 13.5. The molecule has 0 bridgehead atoms. The molecule has 0 aromatic heterocycles. The summed E-state index contributed by atoms with van der Waals surface area (Å²) in [6.45, 7) is 10.1. The minimum atomic E-state index is -3.71. The van der Waals surface area contributed by atoms with Gasteiger partial charge in [0.2, 0.25) is 0 Å². The van der Waals surface area contributed by atoms with Gasteiger partial charge in [-0.3, -0.25) is 9.36 Å². The van der Waals surface area contributed by atoms with Gasteiger partial charge >= 0.3 is 7.37 Å². The van der Waals surface area contributed by atoms with Gasteiger partial charge in [-0.1, -0.05) is 49.7 Å². The maximum atomic E-state index is 14.0. The Hall–Kier alpha value is -1.35. The smallest absolute Gasteiger partial charge is 0.301 e. The third-order valence-electron chi connectivity index (χ3n) is 5.07. The number of carbonyl (C=O) groups excluding carboxylic acids is 1. The van der Waals surface area contributed by atoms with Gasteiger partial charge in [-0.15, -0.1) is 0 Å². The Morgan fingerprint density at radius 2 is 1.56 bits per heavy atom. The van der Waals surface area contributed by atoms with Crippen LogP contribution in [0.4, 0.5) is 0 Å². The highest BCUT2D eigenvalue weighted by Crippen LogP contribution is 2.55. The van der Waals surface area contributed by atoms with E-state index < -0.39 is 22.9 Å². The van der Waals surface area contributed by atoms with Crippen molar-refractivity contribution in [2.45, 2.75) is 39.9 Å². The zero-order chi connectivity index (χ0) is 20.4. The maximum Gasteiger partial charge on any atom is 0.301 e. The Kier molecular flexibility index (Phi) is 6.78. The first kappa shape index (κ1) is 21.9. The average Bonchev–Trinajstić information content (AvgIpc) is 2.59. The number of hydrogen-bond acceptors (Lipinski definition) is 3. The first-order valence-electron chi connectivity index (χ1n) is 9.12. The van der Waals surface area contributed by atoms with E-state index in [9.17, 15) is 9.36 Å². The van der Waals surface area contributed by atoms with Crippen LogP contribution < -0.4 is 5.30 Å². The number of aryl methyl sites for hydroxylation is 3. The van der Waals surface area contributed by atoms with Gasteiger partial charge in [-0.05, 0) is 61.8 Å². The summed E-state index contributed by atoms with van der Waals surface area (Å²) in [5.74, 6) is 0.340. The Bertz CT molecular complexity index is 849. The van der Waals surface area contributed by atoms with Crippen molar-refractivity contribution in [2.75, 3.05) is 18.5 Å². The molecular weight excluding hydrogens is 375 g/mol. The van der Waals surface area contributed by atoms with Crippen LogP contribution in [0.3, 0.4) is 0 Å². The zero-order valence-corrected chi connectivity index (χ0v) is 19.1. The second kappa shape index (κ2) is 8.34. The van der Waals surface area contributed by atoms with Crippen LogP contribution in [-0.4, -0.2) is 29.2 Å². The number of carbonyl (C=O) groups is 1. The standard InChI is InChI=1S/C22H31O3PS/c1-16(2)27(6,7)15-25-26(24,20-11-9-8-10-12-20)22(23)21-18(4)13-17(3)14-19(21)5/h8-14,16H,15H2,1-7H3. The first-order valence-corrected chi connectivity index (χ1v) is 13.4. The van der Waals surface area contributed by atoms with Gasteiger partial charge in [-0.2, -0.15) is 0 Å². The number of hydrogen-bond donors (Lipinski definition) is 0. The molecule has 0 heterocycles. The summed E-state index contributed by atoms with van der Waals surface area (Å²) in [6, 6.07) is 12.8. The van der Waals surface area contributed by atoms with E-state index in [1.807, 2.05) is 39.0 Å². The molecule has 1 atom stereocenters. The Morgan fingerprint density at radius 3 is 2.04 bits per heavy atom. The molecule has 0 radical (unpaired) electrons. The SMILES string of the molecule is Cc1cc(C)c(C(=O)P(=O)(OCS(C)(C)C(C)C)c2ccccc2)c(C)c1. The van der Waals surface area contributed by atoms with Crippen molar-refractivity contribution < 1.29 is 13.9 Å². The molecule has 0 aliphatic rings. The summed E-state index contributed by atoms with van der Waals surface area (Å²) in [6.07, 6.45) is 4.31. The largest absolute Gasteiger partial charge is 0.310 e. The number of rotatable bonds is 7. The highest BCUT2D eigenvalue weighted by atomic mass is 32.3. The van der Waals surface area contributed by atoms with Gasteiger partial charge in [0.1, 0.15) is 0 Å². The highest BCUT2D eigenvalue weighted by Gasteiger charge is 2.39. The van der Waals surface area contributed by atoms with Gasteiger partial charge < -0.3 is 4.52 Å². The van der Waals surface area contributed by atoms with Crippen LogP contribution in [-0.2, 0) is 9.09 Å². The van der Waals surface area contributed by atoms with E-state index in [0.717, 1.165) is 16.7 Å². The third kappa shape index (κ3) is 4.74. The van der Waals surface area contributed by atoms with Crippen LogP contribution >= 0.6 is 17.4 Å². The molecule has 0 N–H and O–H groups in total. The molecular formula is C22H31O3PS. The van der Waals surface area contributed by atoms with Crippen molar-refractivity contribution >= 4 is 28.2 Å². The second-order valence-corrected chi connectivity index (χ2v) is 14.6. The molecule has 2 aromatic carbocycles. The molecule has 3 nitrogen and oxygen atoms in total. The van der Waals surface area contributed by atoms with Crippen molar-refractivity contribution in [1.82, 2.24) is 0 Å². The van der Waals surface area contributed by atoms with Crippen LogP contribution in [0.5, 0.6) is 0 Å². The lowest BCUT2D eigenvalue weighted by atomic mass is 10.0. The number of benzene rings is 2. The predicted molar refractivity (Wildman–Crippen MR) is 119 cm³/mol. The summed E-state index contributed by atoms with van der Waals surface area (Å²) < 4.78 is 20.1. The van der Waals surface area contributed by atoms with E-state index in [4.69, 9.17) is 4.52 Å². The lowest BCUT2D eigenvalue weighted by molar-refractivity contribution is 0.105. The lowest BCUT2D eigenvalue weighted by Gasteiger charge is -2.36. The van der Waals surface area contributed by atoms with Crippen LogP contribution in [0.25, 0.3) is 0 Å². The molecule has 0 amide bonds. The molecule has 0 aliphatic heterocycles. The predicted octanol–water partition coefficient (Wildman–Crippen LogP) is 5.80. The molecule has 0 saturated carbocycles. The maximum absolute atomic E-state index is 14.0. The lowest BCUT2D eigenvalue weighted by Crippen LogP contribution is -2.21. The molecule has 0 saturated heterocycles. The van der Waals surface area contributed by atoms with E-state index in [1.165, 1.54) is 0 Å². The van der Waals surface area contributed by atoms with Gasteiger partial charge in [0.25, 0.3) is 5.52 Å². The fourth-order valence-electron chi connectivity index (χ4n) is 2.89. The van der Waals surface area contributed by atoms with Gasteiger partial charge in [0.15, 0.2) is 0 Å². The highest BCUT2D eigenvalue weighted by molar-refractivity contribution is 8.33. The van der Waals surface area contributed by atoms with Gasteiger partial charge in [0.05, 0.1) is 5.94 Å². The van der Waals surface area contributed by atoms with Crippen molar-refractivity contribution in [2.24, 2.45) is 0 Å². The van der Waals surface area contributed by atoms with Crippen molar-refractivity contribution in [3.05, 3.63) is 64.7 Å². The Labute approximate surface area is 165 Å². The van der Waals surface area contributed by atoms with Crippen molar-refractivity contribution in [1.29, 1.82) is 0 Å². The molecule has 1 unspecified atom stereocenters. The molecule has 27 heavy (non-hydrogen) atoms. The zero-order valence-electron chi connectivity index (χ0n) is 17.4. The van der Waals surface area contributed by atoms with Crippen molar-refractivity contribution in [3.8, 4) is 0 Å². The fourth-order valence-corrected chi connectivity index (χ4v) is 6.55. The molecule has 2 aromatic rings. The molecule has 5 heteroatoms. The van der Waals surface area contributed by atoms with E-state index >= 15 is 0 Å². The van der Waals surface area contributed by atoms with Crippen LogP contribution in [0, 0.1) is 20.8 Å². The normalized spacial score (nSPS) is 14.8. The quantitative estimate of drug-likeness (QED) is 0.546. The van der Waals surface area contributed by atoms with Crippen LogP contribution in [0.15, 0.2) is 42.5 Å². The van der Waals surface area contributed by atoms with E-state index in [-0.39, 0.29) is 0 Å².